The van der Waals surface area contributed by atoms with Gasteiger partial charge in [-0.3, -0.25) is 4.79 Å². The van der Waals surface area contributed by atoms with Gasteiger partial charge in [-0.05, 0) is 38.8 Å². The van der Waals surface area contributed by atoms with E-state index in [1.165, 1.54) is 0 Å². The second-order valence-corrected chi connectivity index (χ2v) is 6.42. The summed E-state index contributed by atoms with van der Waals surface area (Å²) in [6, 6.07) is 6.85. The van der Waals surface area contributed by atoms with Crippen LogP contribution in [0.25, 0.3) is 0 Å². The molecule has 1 aromatic carbocycles. The molecule has 0 aliphatic carbocycles. The molecule has 2 aromatic rings. The minimum atomic E-state index is -0.307. The molecule has 2 heterocycles. The summed E-state index contributed by atoms with van der Waals surface area (Å²) in [5.74, 6) is 0.735. The first kappa shape index (κ1) is 17.0. The molecule has 3 rings (SSSR count). The van der Waals surface area contributed by atoms with Crippen molar-refractivity contribution in [2.24, 2.45) is 0 Å². The Morgan fingerprint density at radius 2 is 1.84 bits per heavy atom. The number of fused-ring (bicyclic) bond motifs is 1. The first-order chi connectivity index (χ1) is 12.0. The first-order valence-corrected chi connectivity index (χ1v) is 8.57. The van der Waals surface area contributed by atoms with Crippen LogP contribution in [0.1, 0.15) is 43.0 Å². The number of carbonyl (C=O) groups excluding carboxylic acids is 2. The van der Waals surface area contributed by atoms with E-state index in [1.807, 2.05) is 24.5 Å². The summed E-state index contributed by atoms with van der Waals surface area (Å²) in [4.78, 5) is 28.9. The van der Waals surface area contributed by atoms with E-state index in [0.29, 0.717) is 17.1 Å². The Morgan fingerprint density at radius 3 is 2.56 bits per heavy atom. The molecule has 1 aliphatic rings. The molecule has 0 atom stereocenters. The lowest BCUT2D eigenvalue weighted by atomic mass is 10.1. The topological polar surface area (TPSA) is 88.1 Å². The third kappa shape index (κ3) is 3.99. The highest BCUT2D eigenvalue weighted by Crippen LogP contribution is 2.23. The summed E-state index contributed by atoms with van der Waals surface area (Å²) in [7, 11) is 0. The molecular weight excluding hydrogens is 318 g/mol. The number of benzene rings is 1. The quantitative estimate of drug-likeness (QED) is 0.799. The predicted molar refractivity (Wildman–Crippen MR) is 96.9 cm³/mol. The fraction of sp³-hybridized carbons (Fsp3) is 0.389. The lowest BCUT2D eigenvalue weighted by Gasteiger charge is -2.17. The van der Waals surface area contributed by atoms with Crippen LogP contribution in [0.3, 0.4) is 0 Å². The van der Waals surface area contributed by atoms with Crippen LogP contribution in [-0.4, -0.2) is 27.5 Å². The molecule has 7 nitrogen and oxygen atoms in total. The van der Waals surface area contributed by atoms with Gasteiger partial charge < -0.3 is 20.5 Å². The van der Waals surface area contributed by atoms with E-state index >= 15 is 0 Å². The average Bonchev–Trinajstić information content (AvgIpc) is 3.00. The first-order valence-electron chi connectivity index (χ1n) is 8.57. The molecule has 0 unspecified atom stereocenters. The summed E-state index contributed by atoms with van der Waals surface area (Å²) in [5.41, 5.74) is 1.65. The molecule has 0 saturated heterocycles. The highest BCUT2D eigenvalue weighted by Gasteiger charge is 2.20. The summed E-state index contributed by atoms with van der Waals surface area (Å²) in [5, 5.41) is 8.41. The minimum Gasteiger partial charge on any atom is -0.336 e. The number of carbonyl (C=O) groups is 2. The highest BCUT2D eigenvalue weighted by molar-refractivity contribution is 6.06. The number of urea groups is 1. The Bertz CT molecular complexity index is 782. The van der Waals surface area contributed by atoms with Gasteiger partial charge in [0, 0.05) is 19.0 Å². The van der Waals surface area contributed by atoms with Crippen LogP contribution in [0.15, 0.2) is 30.5 Å². The van der Waals surface area contributed by atoms with Gasteiger partial charge in [-0.25, -0.2) is 9.78 Å². The molecule has 7 heteroatoms. The van der Waals surface area contributed by atoms with Crippen molar-refractivity contribution in [3.8, 4) is 0 Å². The SMILES string of the molecule is CC(C)NC(=O)Nc1ccccc1NC(=O)c1cnc2n1CCCC2. The van der Waals surface area contributed by atoms with Gasteiger partial charge in [-0.2, -0.15) is 0 Å². The van der Waals surface area contributed by atoms with Gasteiger partial charge >= 0.3 is 6.03 Å². The van der Waals surface area contributed by atoms with Crippen LogP contribution in [-0.2, 0) is 13.0 Å². The Hall–Kier alpha value is -2.83. The zero-order valence-corrected chi connectivity index (χ0v) is 14.5. The normalized spacial score (nSPS) is 13.2. The maximum absolute atomic E-state index is 12.7. The van der Waals surface area contributed by atoms with Crippen molar-refractivity contribution in [1.82, 2.24) is 14.9 Å². The molecule has 25 heavy (non-hydrogen) atoms. The van der Waals surface area contributed by atoms with Crippen LogP contribution in [0, 0.1) is 0 Å². The highest BCUT2D eigenvalue weighted by atomic mass is 16.2. The lowest BCUT2D eigenvalue weighted by molar-refractivity contribution is 0.101. The van der Waals surface area contributed by atoms with E-state index in [9.17, 15) is 9.59 Å². The van der Waals surface area contributed by atoms with E-state index in [4.69, 9.17) is 0 Å². The third-order valence-electron chi connectivity index (χ3n) is 4.05. The standard InChI is InChI=1S/C18H23N5O2/c1-12(2)20-18(25)22-14-8-4-3-7-13(14)21-17(24)15-11-19-16-9-5-6-10-23(15)16/h3-4,7-8,11-12H,5-6,9-10H2,1-2H3,(H,21,24)(H2,20,22,25). The van der Waals surface area contributed by atoms with Gasteiger partial charge in [-0.15, -0.1) is 0 Å². The second-order valence-electron chi connectivity index (χ2n) is 6.42. The molecule has 3 N–H and O–H groups in total. The number of amides is 3. The summed E-state index contributed by atoms with van der Waals surface area (Å²) >= 11 is 0. The fourth-order valence-electron chi connectivity index (χ4n) is 2.91. The van der Waals surface area contributed by atoms with Gasteiger partial charge in [0.2, 0.25) is 0 Å². The molecule has 0 bridgehead atoms. The number of rotatable bonds is 4. The zero-order valence-electron chi connectivity index (χ0n) is 14.5. The molecule has 0 saturated carbocycles. The average molecular weight is 341 g/mol. The van der Waals surface area contributed by atoms with Crippen LogP contribution in [0.4, 0.5) is 16.2 Å². The molecule has 132 valence electrons. The smallest absolute Gasteiger partial charge is 0.319 e. The van der Waals surface area contributed by atoms with Crippen molar-refractivity contribution in [3.63, 3.8) is 0 Å². The van der Waals surface area contributed by atoms with Crippen molar-refractivity contribution < 1.29 is 9.59 Å². The van der Waals surface area contributed by atoms with Gasteiger partial charge in [-0.1, -0.05) is 12.1 Å². The predicted octanol–water partition coefficient (Wildman–Crippen LogP) is 3.00. The second kappa shape index (κ2) is 7.38. The summed E-state index contributed by atoms with van der Waals surface area (Å²) in [6.07, 6.45) is 4.69. The molecule has 0 radical (unpaired) electrons. The molecule has 0 fully saturated rings. The van der Waals surface area contributed by atoms with Gasteiger partial charge in [0.1, 0.15) is 11.5 Å². The lowest BCUT2D eigenvalue weighted by Crippen LogP contribution is -2.34. The largest absolute Gasteiger partial charge is 0.336 e. The van der Waals surface area contributed by atoms with Crippen LogP contribution < -0.4 is 16.0 Å². The summed E-state index contributed by atoms with van der Waals surface area (Å²) < 4.78 is 1.97. The van der Waals surface area contributed by atoms with Gasteiger partial charge in [0.25, 0.3) is 5.91 Å². The number of aryl methyl sites for hydroxylation is 1. The Kier molecular flexibility index (Phi) is 5.02. The van der Waals surface area contributed by atoms with E-state index < -0.39 is 0 Å². The fourth-order valence-corrected chi connectivity index (χ4v) is 2.91. The number of imidazole rings is 1. The maximum Gasteiger partial charge on any atom is 0.319 e. The number of aromatic nitrogens is 2. The number of hydrogen-bond acceptors (Lipinski definition) is 3. The molecular formula is C18H23N5O2. The molecule has 1 aliphatic heterocycles. The van der Waals surface area contributed by atoms with Crippen molar-refractivity contribution >= 4 is 23.3 Å². The maximum atomic E-state index is 12.7. The van der Waals surface area contributed by atoms with E-state index in [1.54, 1.807) is 24.4 Å². The molecule has 3 amide bonds. The van der Waals surface area contributed by atoms with Gasteiger partial charge in [0.05, 0.1) is 17.6 Å². The monoisotopic (exact) mass is 341 g/mol. The number of para-hydroxylation sites is 2. The van der Waals surface area contributed by atoms with Crippen LogP contribution >= 0.6 is 0 Å². The number of nitrogens with zero attached hydrogens (tertiary/aromatic N) is 2. The van der Waals surface area contributed by atoms with Gasteiger partial charge in [0.15, 0.2) is 0 Å². The molecule has 1 aromatic heterocycles. The number of anilines is 2. The van der Waals surface area contributed by atoms with E-state index in [2.05, 4.69) is 20.9 Å². The zero-order chi connectivity index (χ0) is 17.8. The third-order valence-corrected chi connectivity index (χ3v) is 4.05. The van der Waals surface area contributed by atoms with Crippen molar-refractivity contribution in [2.45, 2.75) is 45.7 Å². The van der Waals surface area contributed by atoms with Crippen molar-refractivity contribution in [1.29, 1.82) is 0 Å². The number of hydrogen-bond donors (Lipinski definition) is 3. The van der Waals surface area contributed by atoms with Crippen molar-refractivity contribution in [2.75, 3.05) is 10.6 Å². The summed E-state index contributed by atoms with van der Waals surface area (Å²) in [6.45, 7) is 4.58. The van der Waals surface area contributed by atoms with E-state index in [0.717, 1.165) is 31.6 Å². The Labute approximate surface area is 146 Å². The number of nitrogens with one attached hydrogen (secondary N) is 3. The Balaban J connectivity index is 1.75. The van der Waals surface area contributed by atoms with E-state index in [-0.39, 0.29) is 18.0 Å². The van der Waals surface area contributed by atoms with Crippen LogP contribution in [0.5, 0.6) is 0 Å². The minimum absolute atomic E-state index is 0.0278. The Morgan fingerprint density at radius 1 is 1.12 bits per heavy atom. The molecule has 0 spiro atoms. The van der Waals surface area contributed by atoms with Crippen LogP contribution in [0.2, 0.25) is 0 Å². The van der Waals surface area contributed by atoms with Crippen molar-refractivity contribution in [3.05, 3.63) is 42.0 Å².